The Labute approximate surface area is 119 Å². The normalized spacial score (nSPS) is 10.2. The first kappa shape index (κ1) is 14.1. The van der Waals surface area contributed by atoms with Crippen LogP contribution < -0.4 is 10.2 Å². The number of aryl methyl sites for hydroxylation is 1. The highest BCUT2D eigenvalue weighted by atomic mass is 16.1. The number of hydrogen-bond donors (Lipinski definition) is 1. The van der Waals surface area contributed by atoms with Crippen molar-refractivity contribution in [1.82, 2.24) is 10.3 Å². The molecule has 0 aliphatic rings. The summed E-state index contributed by atoms with van der Waals surface area (Å²) in [6.45, 7) is 2.05. The highest BCUT2D eigenvalue weighted by molar-refractivity contribution is 5.99. The number of carbonyl (C=O) groups excluding carboxylic acids is 1. The second kappa shape index (κ2) is 5.74. The number of hydrogen-bond acceptors (Lipinski definition) is 3. The van der Waals surface area contributed by atoms with Gasteiger partial charge in [0.05, 0.1) is 11.3 Å². The lowest BCUT2D eigenvalue weighted by molar-refractivity contribution is 0.0963. The molecule has 0 aliphatic carbocycles. The first-order valence-corrected chi connectivity index (χ1v) is 6.51. The summed E-state index contributed by atoms with van der Waals surface area (Å²) in [5, 5.41) is 2.64. The standard InChI is InChI=1S/C16H19N3O/c1-11-7-5-6-8-12(11)14-10-9-13(16(20)17-2)15(18-14)19(3)4/h5-10H,1-4H3,(H,17,20). The number of rotatable bonds is 3. The van der Waals surface area contributed by atoms with Crippen LogP contribution in [0.4, 0.5) is 5.82 Å². The zero-order valence-electron chi connectivity index (χ0n) is 12.3. The highest BCUT2D eigenvalue weighted by Gasteiger charge is 2.15. The van der Waals surface area contributed by atoms with Crippen LogP contribution in [0.1, 0.15) is 15.9 Å². The molecule has 1 N–H and O–H groups in total. The first-order valence-electron chi connectivity index (χ1n) is 6.51. The number of carbonyl (C=O) groups is 1. The SMILES string of the molecule is CNC(=O)c1ccc(-c2ccccc2C)nc1N(C)C. The summed E-state index contributed by atoms with van der Waals surface area (Å²) in [4.78, 5) is 18.4. The van der Waals surface area contributed by atoms with Crippen LogP contribution in [0.3, 0.4) is 0 Å². The van der Waals surface area contributed by atoms with E-state index in [0.29, 0.717) is 11.4 Å². The summed E-state index contributed by atoms with van der Waals surface area (Å²) in [7, 11) is 5.39. The third-order valence-electron chi connectivity index (χ3n) is 3.19. The molecule has 1 amide bonds. The molecule has 1 aromatic carbocycles. The van der Waals surface area contributed by atoms with E-state index in [0.717, 1.165) is 16.8 Å². The molecule has 1 heterocycles. The molecule has 0 aliphatic heterocycles. The molecule has 4 nitrogen and oxygen atoms in total. The number of benzene rings is 1. The Kier molecular flexibility index (Phi) is 4.03. The second-order valence-electron chi connectivity index (χ2n) is 4.86. The summed E-state index contributed by atoms with van der Waals surface area (Å²) in [6.07, 6.45) is 0. The fourth-order valence-electron chi connectivity index (χ4n) is 2.11. The van der Waals surface area contributed by atoms with Gasteiger partial charge in [-0.05, 0) is 24.6 Å². The van der Waals surface area contributed by atoms with Crippen molar-refractivity contribution in [1.29, 1.82) is 0 Å². The van der Waals surface area contributed by atoms with Gasteiger partial charge in [-0.1, -0.05) is 24.3 Å². The van der Waals surface area contributed by atoms with Crippen molar-refractivity contribution in [2.45, 2.75) is 6.92 Å². The molecule has 2 rings (SSSR count). The molecule has 0 spiro atoms. The Morgan fingerprint density at radius 2 is 1.85 bits per heavy atom. The van der Waals surface area contributed by atoms with E-state index in [-0.39, 0.29) is 5.91 Å². The van der Waals surface area contributed by atoms with E-state index in [1.807, 2.05) is 49.3 Å². The van der Waals surface area contributed by atoms with Crippen LogP contribution in [0.2, 0.25) is 0 Å². The van der Waals surface area contributed by atoms with Gasteiger partial charge in [-0.2, -0.15) is 0 Å². The number of pyridine rings is 1. The van der Waals surface area contributed by atoms with Gasteiger partial charge in [0.15, 0.2) is 0 Å². The molecule has 104 valence electrons. The molecule has 20 heavy (non-hydrogen) atoms. The summed E-state index contributed by atoms with van der Waals surface area (Å²) >= 11 is 0. The Morgan fingerprint density at radius 3 is 2.45 bits per heavy atom. The van der Waals surface area contributed by atoms with Gasteiger partial charge in [-0.3, -0.25) is 4.79 Å². The van der Waals surface area contributed by atoms with Crippen LogP contribution >= 0.6 is 0 Å². The van der Waals surface area contributed by atoms with Gasteiger partial charge in [0.2, 0.25) is 0 Å². The van der Waals surface area contributed by atoms with E-state index in [1.54, 1.807) is 7.05 Å². The molecular weight excluding hydrogens is 250 g/mol. The lowest BCUT2D eigenvalue weighted by atomic mass is 10.0. The number of anilines is 1. The van der Waals surface area contributed by atoms with Crippen molar-refractivity contribution in [3.63, 3.8) is 0 Å². The summed E-state index contributed by atoms with van der Waals surface area (Å²) < 4.78 is 0. The van der Waals surface area contributed by atoms with Crippen LogP contribution in [0.5, 0.6) is 0 Å². The summed E-state index contributed by atoms with van der Waals surface area (Å²) in [5.74, 6) is 0.544. The quantitative estimate of drug-likeness (QED) is 0.931. The average molecular weight is 269 g/mol. The van der Waals surface area contributed by atoms with Crippen LogP contribution in [0.25, 0.3) is 11.3 Å². The van der Waals surface area contributed by atoms with Crippen LogP contribution in [0.15, 0.2) is 36.4 Å². The third kappa shape index (κ3) is 2.64. The minimum Gasteiger partial charge on any atom is -0.362 e. The maximum absolute atomic E-state index is 11.9. The molecule has 0 radical (unpaired) electrons. The molecule has 0 bridgehead atoms. The Hall–Kier alpha value is -2.36. The molecule has 0 unspecified atom stereocenters. The topological polar surface area (TPSA) is 45.2 Å². The third-order valence-corrected chi connectivity index (χ3v) is 3.19. The number of nitrogens with zero attached hydrogens (tertiary/aromatic N) is 2. The smallest absolute Gasteiger partial charge is 0.254 e. The zero-order chi connectivity index (χ0) is 14.7. The number of nitrogens with one attached hydrogen (secondary N) is 1. The van der Waals surface area contributed by atoms with Gasteiger partial charge in [-0.15, -0.1) is 0 Å². The van der Waals surface area contributed by atoms with Crippen LogP contribution in [0, 0.1) is 6.92 Å². The Balaban J connectivity index is 2.56. The first-order chi connectivity index (χ1) is 9.54. The number of aromatic nitrogens is 1. The predicted octanol–water partition coefficient (Wildman–Crippen LogP) is 2.48. The van der Waals surface area contributed by atoms with Crippen molar-refractivity contribution < 1.29 is 4.79 Å². The molecule has 4 heteroatoms. The lowest BCUT2D eigenvalue weighted by Crippen LogP contribution is -2.23. The van der Waals surface area contributed by atoms with E-state index < -0.39 is 0 Å². The summed E-state index contributed by atoms with van der Waals surface area (Å²) in [6, 6.07) is 11.8. The maximum Gasteiger partial charge on any atom is 0.254 e. The van der Waals surface area contributed by atoms with E-state index in [2.05, 4.69) is 23.3 Å². The van der Waals surface area contributed by atoms with Crippen LogP contribution in [-0.2, 0) is 0 Å². The van der Waals surface area contributed by atoms with Crippen molar-refractivity contribution in [2.24, 2.45) is 0 Å². The minimum absolute atomic E-state index is 0.127. The molecule has 0 saturated carbocycles. The van der Waals surface area contributed by atoms with Gasteiger partial charge in [0, 0.05) is 26.7 Å². The van der Waals surface area contributed by atoms with Crippen LogP contribution in [-0.4, -0.2) is 32.0 Å². The van der Waals surface area contributed by atoms with E-state index in [4.69, 9.17) is 0 Å². The molecule has 0 atom stereocenters. The van der Waals surface area contributed by atoms with Gasteiger partial charge in [-0.25, -0.2) is 4.98 Å². The average Bonchev–Trinajstić information content (AvgIpc) is 2.46. The maximum atomic E-state index is 11.9. The predicted molar refractivity (Wildman–Crippen MR) is 82.1 cm³/mol. The summed E-state index contributed by atoms with van der Waals surface area (Å²) in [5.41, 5.74) is 3.70. The molecule has 0 fully saturated rings. The van der Waals surface area contributed by atoms with Crippen molar-refractivity contribution >= 4 is 11.7 Å². The highest BCUT2D eigenvalue weighted by Crippen LogP contribution is 2.25. The van der Waals surface area contributed by atoms with Crippen molar-refractivity contribution in [3.8, 4) is 11.3 Å². The second-order valence-corrected chi connectivity index (χ2v) is 4.86. The molecular formula is C16H19N3O. The zero-order valence-corrected chi connectivity index (χ0v) is 12.3. The van der Waals surface area contributed by atoms with Gasteiger partial charge in [0.1, 0.15) is 5.82 Å². The fraction of sp³-hybridized carbons (Fsp3) is 0.250. The van der Waals surface area contributed by atoms with Crippen molar-refractivity contribution in [2.75, 3.05) is 26.0 Å². The monoisotopic (exact) mass is 269 g/mol. The van der Waals surface area contributed by atoms with Gasteiger partial charge < -0.3 is 10.2 Å². The Morgan fingerprint density at radius 1 is 1.15 bits per heavy atom. The molecule has 0 saturated heterocycles. The molecule has 2 aromatic rings. The molecule has 1 aromatic heterocycles. The van der Waals surface area contributed by atoms with E-state index >= 15 is 0 Å². The van der Waals surface area contributed by atoms with E-state index in [1.165, 1.54) is 0 Å². The van der Waals surface area contributed by atoms with Gasteiger partial charge in [0.25, 0.3) is 5.91 Å². The fourth-order valence-corrected chi connectivity index (χ4v) is 2.11. The number of amides is 1. The van der Waals surface area contributed by atoms with Gasteiger partial charge >= 0.3 is 0 Å². The minimum atomic E-state index is -0.127. The Bertz CT molecular complexity index is 635. The lowest BCUT2D eigenvalue weighted by Gasteiger charge is -2.17. The van der Waals surface area contributed by atoms with E-state index in [9.17, 15) is 4.79 Å². The largest absolute Gasteiger partial charge is 0.362 e. The van der Waals surface area contributed by atoms with Crippen molar-refractivity contribution in [3.05, 3.63) is 47.5 Å².